The van der Waals surface area contributed by atoms with E-state index in [2.05, 4.69) is 44.4 Å². The van der Waals surface area contributed by atoms with E-state index < -0.39 is 0 Å². The predicted octanol–water partition coefficient (Wildman–Crippen LogP) is 2.58. The molecule has 3 N–H and O–H groups in total. The van der Waals surface area contributed by atoms with Gasteiger partial charge in [-0.2, -0.15) is 0 Å². The molecule has 1 aromatic carbocycles. The lowest BCUT2D eigenvalue weighted by Crippen LogP contribution is -2.40. The molecule has 0 radical (unpaired) electrons. The molecule has 0 spiro atoms. The highest BCUT2D eigenvalue weighted by Gasteiger charge is 2.35. The summed E-state index contributed by atoms with van der Waals surface area (Å²) in [5.41, 5.74) is 8.09. The second kappa shape index (κ2) is 9.82. The Hall–Kier alpha value is -2.08. The minimum atomic E-state index is -0.161. The Morgan fingerprint density at radius 2 is 1.83 bits per heavy atom. The predicted molar refractivity (Wildman–Crippen MR) is 121 cm³/mol. The first-order valence-corrected chi connectivity index (χ1v) is 11.7. The van der Waals surface area contributed by atoms with Crippen molar-refractivity contribution in [1.29, 1.82) is 0 Å². The van der Waals surface area contributed by atoms with Crippen LogP contribution in [0.2, 0.25) is 0 Å². The van der Waals surface area contributed by atoms with Gasteiger partial charge in [-0.1, -0.05) is 37.1 Å². The van der Waals surface area contributed by atoms with Crippen molar-refractivity contribution in [1.82, 2.24) is 15.1 Å². The second-order valence-corrected chi connectivity index (χ2v) is 9.41. The molecule has 6 nitrogen and oxygen atoms in total. The molecule has 1 amide bonds. The third kappa shape index (κ3) is 5.15. The number of fused-ring (bicyclic) bond motifs is 1. The summed E-state index contributed by atoms with van der Waals surface area (Å²) < 4.78 is 0. The van der Waals surface area contributed by atoms with Gasteiger partial charge in [0.15, 0.2) is 5.96 Å². The molecule has 3 fully saturated rings. The number of hydrogen-bond acceptors (Lipinski definition) is 3. The fourth-order valence-electron chi connectivity index (χ4n) is 5.62. The number of rotatable bonds is 5. The molecule has 1 saturated carbocycles. The number of hydrogen-bond donors (Lipinski definition) is 2. The lowest BCUT2D eigenvalue weighted by molar-refractivity contribution is -0.123. The van der Waals surface area contributed by atoms with Gasteiger partial charge in [0.1, 0.15) is 0 Å². The van der Waals surface area contributed by atoms with Gasteiger partial charge in [-0.05, 0) is 55.2 Å². The summed E-state index contributed by atoms with van der Waals surface area (Å²) in [6.45, 7) is 5.79. The van der Waals surface area contributed by atoms with Gasteiger partial charge in [-0.3, -0.25) is 14.7 Å². The van der Waals surface area contributed by atoms with Crippen LogP contribution in [0, 0.1) is 17.8 Å². The van der Waals surface area contributed by atoms with E-state index in [1.54, 1.807) is 0 Å². The minimum absolute atomic E-state index is 0.00363. The summed E-state index contributed by atoms with van der Waals surface area (Å²) >= 11 is 0. The van der Waals surface area contributed by atoms with E-state index in [4.69, 9.17) is 5.73 Å². The normalized spacial score (nSPS) is 27.7. The lowest BCUT2D eigenvalue weighted by atomic mass is 9.82. The van der Waals surface area contributed by atoms with Crippen molar-refractivity contribution >= 4 is 11.9 Å². The number of primary amides is 1. The van der Waals surface area contributed by atoms with E-state index in [1.165, 1.54) is 36.8 Å². The van der Waals surface area contributed by atoms with Gasteiger partial charge in [0.25, 0.3) is 0 Å². The van der Waals surface area contributed by atoms with E-state index in [-0.39, 0.29) is 11.8 Å². The second-order valence-electron chi connectivity index (χ2n) is 9.41. The molecular weight excluding hydrogens is 374 g/mol. The molecule has 164 valence electrons. The summed E-state index contributed by atoms with van der Waals surface area (Å²) in [5.74, 6) is 2.58. The molecule has 3 aliphatic rings. The van der Waals surface area contributed by atoms with Gasteiger partial charge >= 0.3 is 0 Å². The zero-order chi connectivity index (χ0) is 20.9. The first-order valence-electron chi connectivity index (χ1n) is 11.7. The molecule has 2 aliphatic heterocycles. The smallest absolute Gasteiger partial charge is 0.221 e. The number of benzene rings is 1. The monoisotopic (exact) mass is 411 g/mol. The Labute approximate surface area is 180 Å². The van der Waals surface area contributed by atoms with Crippen LogP contribution in [0.25, 0.3) is 0 Å². The van der Waals surface area contributed by atoms with E-state index in [0.29, 0.717) is 0 Å². The average molecular weight is 412 g/mol. The van der Waals surface area contributed by atoms with Crippen molar-refractivity contribution in [3.63, 3.8) is 0 Å². The van der Waals surface area contributed by atoms with Crippen LogP contribution in [-0.4, -0.2) is 54.9 Å². The third-order valence-electron chi connectivity index (χ3n) is 7.24. The number of guanidine groups is 1. The average Bonchev–Trinajstić information content (AvgIpc) is 3.19. The zero-order valence-electron chi connectivity index (χ0n) is 18.4. The molecule has 4 rings (SSSR count). The zero-order valence-corrected chi connectivity index (χ0v) is 18.4. The van der Waals surface area contributed by atoms with Crippen LogP contribution in [0.1, 0.15) is 49.7 Å². The van der Waals surface area contributed by atoms with Crippen molar-refractivity contribution in [2.75, 3.05) is 33.2 Å². The minimum Gasteiger partial charge on any atom is -0.369 e. The highest BCUT2D eigenvalue weighted by atomic mass is 16.1. The largest absolute Gasteiger partial charge is 0.369 e. The van der Waals surface area contributed by atoms with Gasteiger partial charge in [-0.25, -0.2) is 0 Å². The van der Waals surface area contributed by atoms with E-state index >= 15 is 0 Å². The number of piperidine rings is 1. The maximum atomic E-state index is 11.5. The fourth-order valence-corrected chi connectivity index (χ4v) is 5.62. The van der Waals surface area contributed by atoms with Crippen molar-refractivity contribution in [3.8, 4) is 0 Å². The van der Waals surface area contributed by atoms with Crippen LogP contribution in [0.4, 0.5) is 0 Å². The van der Waals surface area contributed by atoms with Crippen molar-refractivity contribution in [2.24, 2.45) is 28.5 Å². The van der Waals surface area contributed by atoms with E-state index in [1.807, 2.05) is 7.05 Å². The number of aliphatic imine (C=N–C) groups is 1. The summed E-state index contributed by atoms with van der Waals surface area (Å²) in [4.78, 5) is 20.9. The Balaban J connectivity index is 1.31. The number of carbonyl (C=O) groups excluding carboxylic acids is 1. The highest BCUT2D eigenvalue weighted by molar-refractivity contribution is 5.80. The molecule has 1 aromatic rings. The van der Waals surface area contributed by atoms with Crippen molar-refractivity contribution in [2.45, 2.75) is 51.6 Å². The molecule has 30 heavy (non-hydrogen) atoms. The SMILES string of the molecule is CN=C(NCc1cccc(CN2CCCC(C(N)=O)C2)c1)N1CC2CCCCC2C1. The number of nitrogens with one attached hydrogen (secondary N) is 1. The summed E-state index contributed by atoms with van der Waals surface area (Å²) in [6, 6.07) is 8.76. The lowest BCUT2D eigenvalue weighted by Gasteiger charge is -2.31. The number of likely N-dealkylation sites (tertiary alicyclic amines) is 2. The Bertz CT molecular complexity index is 750. The molecule has 0 aromatic heterocycles. The molecule has 3 unspecified atom stereocenters. The fraction of sp³-hybridized carbons (Fsp3) is 0.667. The maximum Gasteiger partial charge on any atom is 0.221 e. The number of carbonyl (C=O) groups is 1. The van der Waals surface area contributed by atoms with Gasteiger partial charge in [0, 0.05) is 39.8 Å². The summed E-state index contributed by atoms with van der Waals surface area (Å²) in [6.07, 6.45) is 7.52. The number of nitrogens with two attached hydrogens (primary N) is 1. The molecule has 0 bridgehead atoms. The molecular formula is C24H37N5O. The molecule has 2 heterocycles. The third-order valence-corrected chi connectivity index (χ3v) is 7.24. The molecule has 1 aliphatic carbocycles. The quantitative estimate of drug-likeness (QED) is 0.577. The topological polar surface area (TPSA) is 74.0 Å². The van der Waals surface area contributed by atoms with Crippen LogP contribution in [-0.2, 0) is 17.9 Å². The Kier molecular flexibility index (Phi) is 6.93. The van der Waals surface area contributed by atoms with Crippen molar-refractivity contribution in [3.05, 3.63) is 35.4 Å². The van der Waals surface area contributed by atoms with Crippen LogP contribution in [0.15, 0.2) is 29.3 Å². The van der Waals surface area contributed by atoms with Gasteiger partial charge in [0.05, 0.1) is 5.92 Å². The molecule has 3 atom stereocenters. The standard InChI is InChI=1S/C24H37N5O/c1-26-24(29-16-20-8-2-3-9-21(20)17-29)27-13-18-6-4-7-19(12-18)14-28-11-5-10-22(15-28)23(25)30/h4,6-7,12,20-22H,2-3,5,8-11,13-17H2,1H3,(H2,25,30)(H,26,27). The Morgan fingerprint density at radius 1 is 1.10 bits per heavy atom. The summed E-state index contributed by atoms with van der Waals surface area (Å²) in [7, 11) is 1.90. The van der Waals surface area contributed by atoms with E-state index in [0.717, 1.165) is 69.9 Å². The van der Waals surface area contributed by atoms with Crippen LogP contribution in [0.5, 0.6) is 0 Å². The van der Waals surface area contributed by atoms with Gasteiger partial charge in [0.2, 0.25) is 5.91 Å². The highest BCUT2D eigenvalue weighted by Crippen LogP contribution is 2.35. The first kappa shape index (κ1) is 21.2. The number of nitrogens with zero attached hydrogens (tertiary/aromatic N) is 3. The molecule has 2 saturated heterocycles. The number of amides is 1. The maximum absolute atomic E-state index is 11.5. The van der Waals surface area contributed by atoms with Crippen LogP contribution in [0.3, 0.4) is 0 Å². The van der Waals surface area contributed by atoms with E-state index in [9.17, 15) is 4.79 Å². The van der Waals surface area contributed by atoms with Crippen LogP contribution < -0.4 is 11.1 Å². The van der Waals surface area contributed by atoms with Gasteiger partial charge < -0.3 is 16.0 Å². The first-order chi connectivity index (χ1) is 14.6. The van der Waals surface area contributed by atoms with Crippen molar-refractivity contribution < 1.29 is 4.79 Å². The van der Waals surface area contributed by atoms with Gasteiger partial charge in [-0.15, -0.1) is 0 Å². The van der Waals surface area contributed by atoms with Crippen LogP contribution >= 0.6 is 0 Å². The Morgan fingerprint density at radius 3 is 2.53 bits per heavy atom. The molecule has 6 heteroatoms. The summed E-state index contributed by atoms with van der Waals surface area (Å²) in [5, 5.41) is 3.59.